The highest BCUT2D eigenvalue weighted by molar-refractivity contribution is 7.89. The maximum absolute atomic E-state index is 12.8. The summed E-state index contributed by atoms with van der Waals surface area (Å²) in [6, 6.07) is 11.9. The molecule has 0 saturated carbocycles. The minimum atomic E-state index is -3.54. The molecule has 9 heteroatoms. The minimum Gasteiger partial charge on any atom is -0.348 e. The predicted molar refractivity (Wildman–Crippen MR) is 109 cm³/mol. The molecule has 1 aromatic carbocycles. The molecule has 0 unspecified atom stereocenters. The van der Waals surface area contributed by atoms with E-state index in [2.05, 4.69) is 20.1 Å². The van der Waals surface area contributed by atoms with E-state index in [-0.39, 0.29) is 23.3 Å². The molecule has 3 aromatic rings. The SMILES string of the molecule is CNS(=O)(=O)c1cccc(CNC(=O)c2cnn(-c3ccccn3)c2C(C)C)c1. The van der Waals surface area contributed by atoms with Crippen LogP contribution in [0.1, 0.15) is 41.4 Å². The van der Waals surface area contributed by atoms with Crippen LogP contribution >= 0.6 is 0 Å². The first-order chi connectivity index (χ1) is 13.8. The Morgan fingerprint density at radius 2 is 1.97 bits per heavy atom. The number of sulfonamides is 1. The molecule has 0 aliphatic heterocycles. The molecule has 2 aromatic heterocycles. The van der Waals surface area contributed by atoms with Crippen LogP contribution < -0.4 is 10.0 Å². The van der Waals surface area contributed by atoms with Crippen molar-refractivity contribution in [2.45, 2.75) is 31.2 Å². The summed E-state index contributed by atoms with van der Waals surface area (Å²) in [5.41, 5.74) is 1.90. The fraction of sp³-hybridized carbons (Fsp3) is 0.250. The number of hydrogen-bond acceptors (Lipinski definition) is 5. The number of aromatic nitrogens is 3. The zero-order valence-corrected chi connectivity index (χ0v) is 17.3. The van der Waals surface area contributed by atoms with E-state index in [1.54, 1.807) is 23.0 Å². The van der Waals surface area contributed by atoms with E-state index in [4.69, 9.17) is 0 Å². The fourth-order valence-corrected chi connectivity index (χ4v) is 3.77. The Morgan fingerprint density at radius 1 is 1.17 bits per heavy atom. The highest BCUT2D eigenvalue weighted by Crippen LogP contribution is 2.22. The van der Waals surface area contributed by atoms with E-state index in [0.29, 0.717) is 16.9 Å². The predicted octanol–water partition coefficient (Wildman–Crippen LogP) is 2.23. The third-order valence-corrected chi connectivity index (χ3v) is 5.81. The molecule has 0 bridgehead atoms. The quantitative estimate of drug-likeness (QED) is 0.618. The van der Waals surface area contributed by atoms with Crippen LogP contribution in [0, 0.1) is 0 Å². The van der Waals surface area contributed by atoms with Gasteiger partial charge in [0.05, 0.1) is 22.3 Å². The van der Waals surface area contributed by atoms with E-state index in [1.807, 2.05) is 32.0 Å². The Kier molecular flexibility index (Phi) is 6.09. The van der Waals surface area contributed by atoms with Crippen molar-refractivity contribution < 1.29 is 13.2 Å². The molecule has 1 amide bonds. The zero-order chi connectivity index (χ0) is 21.0. The number of nitrogens with one attached hydrogen (secondary N) is 2. The van der Waals surface area contributed by atoms with Gasteiger partial charge in [-0.25, -0.2) is 22.8 Å². The summed E-state index contributed by atoms with van der Waals surface area (Å²) in [5.74, 6) is 0.405. The van der Waals surface area contributed by atoms with Gasteiger partial charge in [-0.3, -0.25) is 4.79 Å². The number of nitrogens with zero attached hydrogens (tertiary/aromatic N) is 3. The number of pyridine rings is 1. The van der Waals surface area contributed by atoms with E-state index < -0.39 is 10.0 Å². The molecule has 0 saturated heterocycles. The average Bonchev–Trinajstić information content (AvgIpc) is 3.18. The van der Waals surface area contributed by atoms with E-state index >= 15 is 0 Å². The van der Waals surface area contributed by atoms with Gasteiger partial charge in [0.15, 0.2) is 5.82 Å². The van der Waals surface area contributed by atoms with Crippen molar-refractivity contribution in [2.75, 3.05) is 7.05 Å². The van der Waals surface area contributed by atoms with Gasteiger partial charge in [-0.1, -0.05) is 32.0 Å². The third-order valence-electron chi connectivity index (χ3n) is 4.39. The molecule has 0 aliphatic rings. The number of carbonyl (C=O) groups is 1. The molecule has 0 spiro atoms. The lowest BCUT2D eigenvalue weighted by Gasteiger charge is -2.12. The lowest BCUT2D eigenvalue weighted by molar-refractivity contribution is 0.0949. The van der Waals surface area contributed by atoms with Gasteiger partial charge < -0.3 is 5.32 Å². The first-order valence-electron chi connectivity index (χ1n) is 9.13. The van der Waals surface area contributed by atoms with Gasteiger partial charge >= 0.3 is 0 Å². The monoisotopic (exact) mass is 413 g/mol. The maximum Gasteiger partial charge on any atom is 0.255 e. The van der Waals surface area contributed by atoms with Crippen molar-refractivity contribution in [1.29, 1.82) is 0 Å². The minimum absolute atomic E-state index is 0.0457. The summed E-state index contributed by atoms with van der Waals surface area (Å²) >= 11 is 0. The molecule has 152 valence electrons. The molecular weight excluding hydrogens is 390 g/mol. The number of amides is 1. The van der Waals surface area contributed by atoms with Crippen LogP contribution in [0.15, 0.2) is 59.8 Å². The number of carbonyl (C=O) groups excluding carboxylic acids is 1. The summed E-state index contributed by atoms with van der Waals surface area (Å²) in [7, 11) is -2.18. The van der Waals surface area contributed by atoms with Gasteiger partial charge in [0, 0.05) is 12.7 Å². The largest absolute Gasteiger partial charge is 0.348 e. The van der Waals surface area contributed by atoms with Crippen molar-refractivity contribution in [3.8, 4) is 5.82 Å². The molecule has 2 N–H and O–H groups in total. The van der Waals surface area contributed by atoms with Crippen LogP contribution in [0.5, 0.6) is 0 Å². The van der Waals surface area contributed by atoms with E-state index in [0.717, 1.165) is 5.69 Å². The average molecular weight is 414 g/mol. The Hall–Kier alpha value is -3.04. The lowest BCUT2D eigenvalue weighted by Crippen LogP contribution is -2.24. The van der Waals surface area contributed by atoms with Crippen LogP contribution in [0.2, 0.25) is 0 Å². The second-order valence-electron chi connectivity index (χ2n) is 6.74. The summed E-state index contributed by atoms with van der Waals surface area (Å²) in [6.07, 6.45) is 3.20. The Bertz CT molecular complexity index is 1110. The van der Waals surface area contributed by atoms with Crippen LogP contribution in [-0.4, -0.2) is 36.1 Å². The smallest absolute Gasteiger partial charge is 0.255 e. The molecule has 3 rings (SSSR count). The number of hydrogen-bond donors (Lipinski definition) is 2. The molecular formula is C20H23N5O3S. The van der Waals surface area contributed by atoms with Crippen molar-refractivity contribution in [1.82, 2.24) is 24.8 Å². The first kappa shape index (κ1) is 20.7. The Labute approximate surface area is 170 Å². The lowest BCUT2D eigenvalue weighted by atomic mass is 10.1. The molecule has 0 radical (unpaired) electrons. The van der Waals surface area contributed by atoms with Crippen LogP contribution in [-0.2, 0) is 16.6 Å². The molecule has 2 heterocycles. The topological polar surface area (TPSA) is 106 Å². The molecule has 29 heavy (non-hydrogen) atoms. The molecule has 8 nitrogen and oxygen atoms in total. The van der Waals surface area contributed by atoms with Gasteiger partial charge in [-0.05, 0) is 42.8 Å². The second-order valence-corrected chi connectivity index (χ2v) is 8.62. The Morgan fingerprint density at radius 3 is 2.62 bits per heavy atom. The van der Waals surface area contributed by atoms with Gasteiger partial charge in [0.25, 0.3) is 5.91 Å². The maximum atomic E-state index is 12.8. The standard InChI is InChI=1S/C20H23N5O3S/c1-14(2)19-17(13-24-25(19)18-9-4-5-10-22-18)20(26)23-12-15-7-6-8-16(11-15)29(27,28)21-3/h4-11,13-14,21H,12H2,1-3H3,(H,23,26). The fourth-order valence-electron chi connectivity index (χ4n) is 2.97. The van der Waals surface area contributed by atoms with Gasteiger partial charge in [0.2, 0.25) is 10.0 Å². The van der Waals surface area contributed by atoms with Crippen LogP contribution in [0.4, 0.5) is 0 Å². The van der Waals surface area contributed by atoms with E-state index in [9.17, 15) is 13.2 Å². The van der Waals surface area contributed by atoms with Gasteiger partial charge in [-0.15, -0.1) is 0 Å². The van der Waals surface area contributed by atoms with E-state index in [1.165, 1.54) is 25.4 Å². The molecule has 0 atom stereocenters. The summed E-state index contributed by atoms with van der Waals surface area (Å²) in [6.45, 7) is 4.16. The van der Waals surface area contributed by atoms with Crippen molar-refractivity contribution >= 4 is 15.9 Å². The van der Waals surface area contributed by atoms with Crippen LogP contribution in [0.3, 0.4) is 0 Å². The molecule has 0 fully saturated rings. The highest BCUT2D eigenvalue weighted by Gasteiger charge is 2.21. The van der Waals surface area contributed by atoms with Crippen LogP contribution in [0.25, 0.3) is 5.82 Å². The number of benzene rings is 1. The zero-order valence-electron chi connectivity index (χ0n) is 16.5. The van der Waals surface area contributed by atoms with Crippen molar-refractivity contribution in [2.24, 2.45) is 0 Å². The first-order valence-corrected chi connectivity index (χ1v) is 10.6. The summed E-state index contributed by atoms with van der Waals surface area (Å²) < 4.78 is 27.9. The van der Waals surface area contributed by atoms with Gasteiger partial charge in [0.1, 0.15) is 0 Å². The van der Waals surface area contributed by atoms with Gasteiger partial charge in [-0.2, -0.15) is 5.10 Å². The summed E-state index contributed by atoms with van der Waals surface area (Å²) in [5, 5.41) is 7.19. The highest BCUT2D eigenvalue weighted by atomic mass is 32.2. The normalized spacial score (nSPS) is 11.6. The Balaban J connectivity index is 1.82. The molecule has 0 aliphatic carbocycles. The van der Waals surface area contributed by atoms with Crippen molar-refractivity contribution in [3.63, 3.8) is 0 Å². The summed E-state index contributed by atoms with van der Waals surface area (Å²) in [4.78, 5) is 17.3. The second kappa shape index (κ2) is 8.54. The van der Waals surface area contributed by atoms with Crippen molar-refractivity contribution in [3.05, 3.63) is 71.7 Å². The third kappa shape index (κ3) is 4.52. The number of rotatable bonds is 7.